The van der Waals surface area contributed by atoms with Crippen LogP contribution in [0.15, 0.2) is 84.9 Å². The molecule has 2 atom stereocenters. The van der Waals surface area contributed by atoms with Crippen molar-refractivity contribution in [1.29, 1.82) is 0 Å². The largest absolute Gasteiger partial charge is 0.491 e. The van der Waals surface area contributed by atoms with Crippen molar-refractivity contribution >= 4 is 17.7 Å². The van der Waals surface area contributed by atoms with Gasteiger partial charge in [-0.2, -0.15) is 0 Å². The molecule has 1 amide bonds. The number of ether oxygens (including phenoxy) is 5. The molecule has 4 rings (SSSR count). The summed E-state index contributed by atoms with van der Waals surface area (Å²) in [6.07, 6.45) is 0.780. The zero-order chi connectivity index (χ0) is 27.5. The van der Waals surface area contributed by atoms with Crippen LogP contribution in [0.4, 0.5) is 10.5 Å². The topological polar surface area (TPSA) is 133 Å². The van der Waals surface area contributed by atoms with E-state index in [9.17, 15) is 14.7 Å². The summed E-state index contributed by atoms with van der Waals surface area (Å²) in [6.45, 7) is -0.0577. The van der Waals surface area contributed by atoms with Crippen molar-refractivity contribution < 1.29 is 43.5 Å². The molecule has 1 aliphatic heterocycles. The van der Waals surface area contributed by atoms with E-state index in [4.69, 9.17) is 28.8 Å². The van der Waals surface area contributed by atoms with Gasteiger partial charge in [0.25, 0.3) is 0 Å². The number of benzene rings is 3. The molecule has 0 saturated carbocycles. The number of carboxylic acid groups (broad SMARTS) is 1. The number of fused-ring (bicyclic) bond motifs is 1. The quantitative estimate of drug-likeness (QED) is 0.260. The Morgan fingerprint density at radius 3 is 2.56 bits per heavy atom. The Bertz CT molecular complexity index is 1280. The molecule has 1 heterocycles. The summed E-state index contributed by atoms with van der Waals surface area (Å²) in [5.41, 5.74) is 0.965. The summed E-state index contributed by atoms with van der Waals surface area (Å²) in [5, 5.41) is 21.0. The van der Waals surface area contributed by atoms with Gasteiger partial charge < -0.3 is 33.9 Å². The first-order valence-corrected chi connectivity index (χ1v) is 12.3. The number of para-hydroxylation sites is 2. The normalized spacial score (nSPS) is 13.5. The average Bonchev–Trinajstić information content (AvgIpc) is 3.41. The summed E-state index contributed by atoms with van der Waals surface area (Å²) in [6, 6.07) is 21.0. The molecule has 0 radical (unpaired) electrons. The molecule has 3 aromatic rings. The van der Waals surface area contributed by atoms with Gasteiger partial charge >= 0.3 is 12.1 Å². The molecule has 0 aromatic heterocycles. The lowest BCUT2D eigenvalue weighted by Gasteiger charge is -2.29. The Morgan fingerprint density at radius 1 is 1.00 bits per heavy atom. The third-order valence-electron chi connectivity index (χ3n) is 5.67. The number of hydrogen-bond acceptors (Lipinski definition) is 8. The predicted octanol–water partition coefficient (Wildman–Crippen LogP) is 4.94. The van der Waals surface area contributed by atoms with Crippen molar-refractivity contribution in [1.82, 2.24) is 0 Å². The smallest absolute Gasteiger partial charge is 0.412 e. The molecule has 10 heteroatoms. The van der Waals surface area contributed by atoms with Crippen molar-refractivity contribution in [2.75, 3.05) is 25.3 Å². The number of carbonyl (C=O) groups is 2. The minimum atomic E-state index is -1.06. The SMILES string of the molecule is O=C(O)/C=C/CC[C@@H](Oc1ccccc1)[C@H](OC(=O)Nc1ccc2c(c1)OCO2)c1ccccc1OCCO. The third-order valence-corrected chi connectivity index (χ3v) is 5.67. The number of nitrogens with one attached hydrogen (secondary N) is 1. The first-order valence-electron chi connectivity index (χ1n) is 12.3. The Hall–Kier alpha value is -4.70. The van der Waals surface area contributed by atoms with Crippen LogP contribution in [0.1, 0.15) is 24.5 Å². The van der Waals surface area contributed by atoms with E-state index >= 15 is 0 Å². The first kappa shape index (κ1) is 27.3. The summed E-state index contributed by atoms with van der Waals surface area (Å²) in [4.78, 5) is 24.1. The van der Waals surface area contributed by atoms with Gasteiger partial charge in [-0.15, -0.1) is 0 Å². The van der Waals surface area contributed by atoms with Crippen LogP contribution in [0.2, 0.25) is 0 Å². The minimum absolute atomic E-state index is 0.0404. The van der Waals surface area contributed by atoms with Crippen LogP contribution in [-0.2, 0) is 9.53 Å². The van der Waals surface area contributed by atoms with Gasteiger partial charge in [0.15, 0.2) is 17.6 Å². The number of hydrogen-bond donors (Lipinski definition) is 3. The molecule has 0 bridgehead atoms. The monoisotopic (exact) mass is 535 g/mol. The maximum absolute atomic E-state index is 13.2. The van der Waals surface area contributed by atoms with Crippen LogP contribution < -0.4 is 24.3 Å². The minimum Gasteiger partial charge on any atom is -0.491 e. The number of rotatable bonds is 13. The van der Waals surface area contributed by atoms with Crippen molar-refractivity contribution in [2.45, 2.75) is 25.0 Å². The Morgan fingerprint density at radius 2 is 1.77 bits per heavy atom. The van der Waals surface area contributed by atoms with Crippen LogP contribution in [-0.4, -0.2) is 48.4 Å². The highest BCUT2D eigenvalue weighted by molar-refractivity contribution is 5.85. The Labute approximate surface area is 225 Å². The number of aliphatic hydroxyl groups excluding tert-OH is 1. The predicted molar refractivity (Wildman–Crippen MR) is 141 cm³/mol. The first-order chi connectivity index (χ1) is 19.0. The Kier molecular flexibility index (Phi) is 9.63. The van der Waals surface area contributed by atoms with Crippen LogP contribution in [0.25, 0.3) is 0 Å². The summed E-state index contributed by atoms with van der Waals surface area (Å²) in [5.74, 6) is 0.975. The van der Waals surface area contributed by atoms with E-state index in [2.05, 4.69) is 5.32 Å². The second-order valence-corrected chi connectivity index (χ2v) is 8.42. The Balaban J connectivity index is 1.63. The standard InChI is InChI=1S/C29H29NO9/c31-16-17-35-23-11-5-4-10-22(23)28(39-29(34)30-20-14-15-24-26(18-20)37-19-36-24)25(12-6-7-13-27(32)33)38-21-8-2-1-3-9-21/h1-5,7-11,13-15,18,25,28,31H,6,12,16-17,19H2,(H,30,34)(H,32,33)/b13-7+/t25-,28-/m1/s1. The number of allylic oxidation sites excluding steroid dienone is 1. The van der Waals surface area contributed by atoms with E-state index in [1.807, 2.05) is 18.2 Å². The number of aliphatic carboxylic acids is 1. The molecule has 39 heavy (non-hydrogen) atoms. The van der Waals surface area contributed by atoms with Crippen LogP contribution in [0.3, 0.4) is 0 Å². The summed E-state index contributed by atoms with van der Waals surface area (Å²) < 4.78 is 28.7. The van der Waals surface area contributed by atoms with Crippen LogP contribution in [0.5, 0.6) is 23.0 Å². The summed E-state index contributed by atoms with van der Waals surface area (Å²) >= 11 is 0. The highest BCUT2D eigenvalue weighted by atomic mass is 16.7. The van der Waals surface area contributed by atoms with E-state index in [-0.39, 0.29) is 20.0 Å². The molecule has 3 N–H and O–H groups in total. The van der Waals surface area contributed by atoms with E-state index in [1.165, 1.54) is 6.08 Å². The molecule has 204 valence electrons. The van der Waals surface area contributed by atoms with Gasteiger partial charge in [0.1, 0.15) is 24.2 Å². The molecule has 0 spiro atoms. The van der Waals surface area contributed by atoms with E-state index in [0.29, 0.717) is 47.1 Å². The number of carbonyl (C=O) groups excluding carboxylic acids is 1. The lowest BCUT2D eigenvalue weighted by atomic mass is 9.99. The zero-order valence-corrected chi connectivity index (χ0v) is 21.0. The van der Waals surface area contributed by atoms with Crippen molar-refractivity contribution in [2.24, 2.45) is 0 Å². The number of aliphatic hydroxyl groups is 1. The number of amides is 1. The fraction of sp³-hybridized carbons (Fsp3) is 0.241. The van der Waals surface area contributed by atoms with Crippen molar-refractivity contribution in [3.8, 4) is 23.0 Å². The van der Waals surface area contributed by atoms with Gasteiger partial charge in [-0.25, -0.2) is 9.59 Å². The van der Waals surface area contributed by atoms with Gasteiger partial charge in [-0.3, -0.25) is 5.32 Å². The zero-order valence-electron chi connectivity index (χ0n) is 21.0. The maximum atomic E-state index is 13.2. The summed E-state index contributed by atoms with van der Waals surface area (Å²) in [7, 11) is 0. The molecule has 0 aliphatic carbocycles. The molecule has 0 unspecified atom stereocenters. The van der Waals surface area contributed by atoms with Gasteiger partial charge in [-0.1, -0.05) is 42.5 Å². The second kappa shape index (κ2) is 13.7. The average molecular weight is 536 g/mol. The van der Waals surface area contributed by atoms with Gasteiger partial charge in [0, 0.05) is 23.4 Å². The van der Waals surface area contributed by atoms with Gasteiger partial charge in [0.05, 0.1) is 6.61 Å². The second-order valence-electron chi connectivity index (χ2n) is 8.42. The lowest BCUT2D eigenvalue weighted by Crippen LogP contribution is -2.31. The molecular weight excluding hydrogens is 506 g/mol. The molecule has 10 nitrogen and oxygen atoms in total. The van der Waals surface area contributed by atoms with Crippen molar-refractivity contribution in [3.05, 3.63) is 90.5 Å². The van der Waals surface area contributed by atoms with E-state index in [0.717, 1.165) is 6.08 Å². The molecule has 0 saturated heterocycles. The van der Waals surface area contributed by atoms with Crippen molar-refractivity contribution in [3.63, 3.8) is 0 Å². The third kappa shape index (κ3) is 7.89. The highest BCUT2D eigenvalue weighted by Gasteiger charge is 2.31. The number of anilines is 1. The van der Waals surface area contributed by atoms with Crippen LogP contribution >= 0.6 is 0 Å². The molecule has 0 fully saturated rings. The molecular formula is C29H29NO9. The van der Waals surface area contributed by atoms with E-state index in [1.54, 1.807) is 54.6 Å². The highest BCUT2D eigenvalue weighted by Crippen LogP contribution is 2.36. The fourth-order valence-corrected chi connectivity index (χ4v) is 3.97. The van der Waals surface area contributed by atoms with E-state index < -0.39 is 24.3 Å². The lowest BCUT2D eigenvalue weighted by molar-refractivity contribution is -0.131. The maximum Gasteiger partial charge on any atom is 0.412 e. The van der Waals surface area contributed by atoms with Gasteiger partial charge in [-0.05, 0) is 43.2 Å². The number of carboxylic acids is 1. The fourth-order valence-electron chi connectivity index (χ4n) is 3.97. The molecule has 3 aromatic carbocycles. The molecule has 1 aliphatic rings. The van der Waals surface area contributed by atoms with Crippen LogP contribution in [0, 0.1) is 0 Å². The van der Waals surface area contributed by atoms with Gasteiger partial charge in [0.2, 0.25) is 6.79 Å².